The van der Waals surface area contributed by atoms with E-state index in [9.17, 15) is 4.79 Å². The Labute approximate surface area is 138 Å². The lowest BCUT2D eigenvalue weighted by Gasteiger charge is -2.25. The molecule has 3 heteroatoms. The van der Waals surface area contributed by atoms with Crippen LogP contribution in [-0.4, -0.2) is 21.8 Å². The van der Waals surface area contributed by atoms with Gasteiger partial charge in [0.1, 0.15) is 0 Å². The number of pyridine rings is 1. The second-order valence-corrected chi connectivity index (χ2v) is 6.33. The molecule has 3 nitrogen and oxygen atoms in total. The van der Waals surface area contributed by atoms with Gasteiger partial charge in [0.15, 0.2) is 0 Å². The number of benzene rings is 1. The Morgan fingerprint density at radius 3 is 2.48 bits per heavy atom. The third kappa shape index (κ3) is 4.19. The molecule has 1 aliphatic carbocycles. The van der Waals surface area contributed by atoms with Crippen LogP contribution in [0.5, 0.6) is 0 Å². The van der Waals surface area contributed by atoms with Crippen molar-refractivity contribution in [1.82, 2.24) is 9.88 Å². The monoisotopic (exact) mass is 308 g/mol. The molecule has 0 bridgehead atoms. The standard InChI is InChI=1S/C20H24N2O/c1-2-17(18-6-4-3-5-7-18)14-20(23)22(19-8-9-19)15-16-10-12-21-13-11-16/h3-7,10-13,17,19H,2,8-9,14-15H2,1H3. The molecular formula is C20H24N2O. The Bertz CT molecular complexity index is 623. The Balaban J connectivity index is 1.69. The molecule has 120 valence electrons. The van der Waals surface area contributed by atoms with E-state index in [0.29, 0.717) is 24.9 Å². The molecule has 0 saturated heterocycles. The molecule has 1 aromatic carbocycles. The minimum atomic E-state index is 0.278. The second kappa shape index (κ2) is 7.40. The van der Waals surface area contributed by atoms with E-state index in [1.54, 1.807) is 12.4 Å². The van der Waals surface area contributed by atoms with Crippen LogP contribution in [0.2, 0.25) is 0 Å². The average molecular weight is 308 g/mol. The molecule has 1 unspecified atom stereocenters. The highest BCUT2D eigenvalue weighted by Crippen LogP contribution is 2.31. The first-order chi connectivity index (χ1) is 11.3. The van der Waals surface area contributed by atoms with E-state index in [2.05, 4.69) is 41.1 Å². The number of aromatic nitrogens is 1. The molecule has 1 amide bonds. The zero-order valence-corrected chi connectivity index (χ0v) is 13.7. The number of amides is 1. The first-order valence-corrected chi connectivity index (χ1v) is 8.51. The third-order valence-corrected chi connectivity index (χ3v) is 4.60. The van der Waals surface area contributed by atoms with E-state index in [-0.39, 0.29) is 5.91 Å². The predicted molar refractivity (Wildman–Crippen MR) is 91.9 cm³/mol. The number of hydrogen-bond acceptors (Lipinski definition) is 2. The van der Waals surface area contributed by atoms with Crippen LogP contribution in [0.1, 0.15) is 49.7 Å². The molecule has 1 saturated carbocycles. The average Bonchev–Trinajstić information content (AvgIpc) is 3.44. The fraction of sp³-hybridized carbons (Fsp3) is 0.400. The van der Waals surface area contributed by atoms with Gasteiger partial charge < -0.3 is 4.90 Å². The Morgan fingerprint density at radius 2 is 1.87 bits per heavy atom. The van der Waals surface area contributed by atoms with Gasteiger partial charge in [-0.3, -0.25) is 9.78 Å². The molecule has 1 atom stereocenters. The van der Waals surface area contributed by atoms with Crippen molar-refractivity contribution in [2.45, 2.75) is 51.1 Å². The van der Waals surface area contributed by atoms with Crippen LogP contribution < -0.4 is 0 Å². The van der Waals surface area contributed by atoms with Gasteiger partial charge in [0, 0.05) is 31.4 Å². The molecule has 1 aromatic heterocycles. The van der Waals surface area contributed by atoms with E-state index < -0.39 is 0 Å². The van der Waals surface area contributed by atoms with Crippen LogP contribution in [0, 0.1) is 0 Å². The SMILES string of the molecule is CCC(CC(=O)N(Cc1ccncc1)C1CC1)c1ccccc1. The minimum Gasteiger partial charge on any atom is -0.335 e. The van der Waals surface area contributed by atoms with Crippen LogP contribution in [-0.2, 0) is 11.3 Å². The van der Waals surface area contributed by atoms with Gasteiger partial charge in [-0.2, -0.15) is 0 Å². The first-order valence-electron chi connectivity index (χ1n) is 8.51. The molecule has 23 heavy (non-hydrogen) atoms. The summed E-state index contributed by atoms with van der Waals surface area (Å²) < 4.78 is 0. The topological polar surface area (TPSA) is 33.2 Å². The van der Waals surface area contributed by atoms with Gasteiger partial charge in [0.2, 0.25) is 5.91 Å². The van der Waals surface area contributed by atoms with Gasteiger partial charge in [-0.25, -0.2) is 0 Å². The summed E-state index contributed by atoms with van der Waals surface area (Å²) in [6.45, 7) is 2.87. The largest absolute Gasteiger partial charge is 0.335 e. The summed E-state index contributed by atoms with van der Waals surface area (Å²) in [6.07, 6.45) is 7.46. The molecule has 0 radical (unpaired) electrons. The summed E-state index contributed by atoms with van der Waals surface area (Å²) in [4.78, 5) is 19.0. The van der Waals surface area contributed by atoms with E-state index in [1.807, 2.05) is 18.2 Å². The van der Waals surface area contributed by atoms with Crippen LogP contribution in [0.15, 0.2) is 54.9 Å². The number of carbonyl (C=O) groups excluding carboxylic acids is 1. The minimum absolute atomic E-state index is 0.278. The Hall–Kier alpha value is -2.16. The van der Waals surface area contributed by atoms with Crippen molar-refractivity contribution in [2.75, 3.05) is 0 Å². The quantitative estimate of drug-likeness (QED) is 0.769. The number of hydrogen-bond donors (Lipinski definition) is 0. The first kappa shape index (κ1) is 15.7. The number of carbonyl (C=O) groups is 1. The molecule has 0 N–H and O–H groups in total. The van der Waals surface area contributed by atoms with Gasteiger partial charge in [-0.1, -0.05) is 37.3 Å². The van der Waals surface area contributed by atoms with E-state index >= 15 is 0 Å². The summed E-state index contributed by atoms with van der Waals surface area (Å²) in [5, 5.41) is 0. The lowest BCUT2D eigenvalue weighted by Crippen LogP contribution is -2.33. The van der Waals surface area contributed by atoms with Crippen molar-refractivity contribution in [3.8, 4) is 0 Å². The van der Waals surface area contributed by atoms with Crippen LogP contribution in [0.3, 0.4) is 0 Å². The zero-order chi connectivity index (χ0) is 16.1. The Morgan fingerprint density at radius 1 is 1.17 bits per heavy atom. The van der Waals surface area contributed by atoms with Crippen LogP contribution in [0.4, 0.5) is 0 Å². The third-order valence-electron chi connectivity index (χ3n) is 4.60. The molecule has 1 aliphatic rings. The molecule has 0 aliphatic heterocycles. The van der Waals surface area contributed by atoms with Crippen molar-refractivity contribution in [3.05, 3.63) is 66.0 Å². The van der Waals surface area contributed by atoms with E-state index in [1.165, 1.54) is 5.56 Å². The van der Waals surface area contributed by atoms with Gasteiger partial charge in [0.05, 0.1) is 0 Å². The molecule has 0 spiro atoms. The van der Waals surface area contributed by atoms with Crippen molar-refractivity contribution < 1.29 is 4.79 Å². The number of nitrogens with zero attached hydrogens (tertiary/aromatic N) is 2. The smallest absolute Gasteiger partial charge is 0.223 e. The maximum atomic E-state index is 12.9. The number of rotatable bonds is 7. The molecular weight excluding hydrogens is 284 g/mol. The van der Waals surface area contributed by atoms with Gasteiger partial charge in [-0.15, -0.1) is 0 Å². The highest BCUT2D eigenvalue weighted by Gasteiger charge is 2.33. The zero-order valence-electron chi connectivity index (χ0n) is 13.7. The summed E-state index contributed by atoms with van der Waals surface area (Å²) in [6, 6.07) is 14.8. The summed E-state index contributed by atoms with van der Waals surface area (Å²) in [7, 11) is 0. The van der Waals surface area contributed by atoms with E-state index in [4.69, 9.17) is 0 Å². The van der Waals surface area contributed by atoms with Crippen molar-refractivity contribution in [2.24, 2.45) is 0 Å². The van der Waals surface area contributed by atoms with Gasteiger partial charge >= 0.3 is 0 Å². The lowest BCUT2D eigenvalue weighted by atomic mass is 9.92. The maximum Gasteiger partial charge on any atom is 0.223 e. The normalized spacial score (nSPS) is 15.2. The Kier molecular flexibility index (Phi) is 5.06. The molecule has 2 aromatic rings. The maximum absolute atomic E-state index is 12.9. The van der Waals surface area contributed by atoms with Crippen molar-refractivity contribution in [1.29, 1.82) is 0 Å². The van der Waals surface area contributed by atoms with Gasteiger partial charge in [0.25, 0.3) is 0 Å². The van der Waals surface area contributed by atoms with Crippen LogP contribution in [0.25, 0.3) is 0 Å². The predicted octanol–water partition coefficient (Wildman–Crippen LogP) is 4.16. The highest BCUT2D eigenvalue weighted by atomic mass is 16.2. The fourth-order valence-electron chi connectivity index (χ4n) is 3.04. The molecule has 1 heterocycles. The molecule has 3 rings (SSSR count). The fourth-order valence-corrected chi connectivity index (χ4v) is 3.04. The summed E-state index contributed by atoms with van der Waals surface area (Å²) >= 11 is 0. The van der Waals surface area contributed by atoms with Crippen molar-refractivity contribution >= 4 is 5.91 Å². The van der Waals surface area contributed by atoms with Crippen LogP contribution >= 0.6 is 0 Å². The highest BCUT2D eigenvalue weighted by molar-refractivity contribution is 5.77. The lowest BCUT2D eigenvalue weighted by molar-refractivity contribution is -0.132. The molecule has 1 fully saturated rings. The van der Waals surface area contributed by atoms with Crippen molar-refractivity contribution in [3.63, 3.8) is 0 Å². The summed E-state index contributed by atoms with van der Waals surface area (Å²) in [5.41, 5.74) is 2.43. The summed E-state index contributed by atoms with van der Waals surface area (Å²) in [5.74, 6) is 0.586. The van der Waals surface area contributed by atoms with Gasteiger partial charge in [-0.05, 0) is 48.4 Å². The van der Waals surface area contributed by atoms with E-state index in [0.717, 1.165) is 24.8 Å². The second-order valence-electron chi connectivity index (χ2n) is 6.33.